The number of imidazole rings is 1. The van der Waals surface area contributed by atoms with E-state index < -0.39 is 11.2 Å². The molecule has 1 aromatic carbocycles. The van der Waals surface area contributed by atoms with E-state index in [-0.39, 0.29) is 18.9 Å². The number of anilines is 1. The highest BCUT2D eigenvalue weighted by atomic mass is 32.1. The average molecular weight is 384 g/mol. The number of hydrogen-bond acceptors (Lipinski definition) is 6. The summed E-state index contributed by atoms with van der Waals surface area (Å²) in [5, 5.41) is 3.32. The molecule has 138 valence electrons. The van der Waals surface area contributed by atoms with E-state index in [0.717, 1.165) is 14.8 Å². The summed E-state index contributed by atoms with van der Waals surface area (Å²) in [5.41, 5.74) is 0.563. The second-order valence-electron chi connectivity index (χ2n) is 6.10. The van der Waals surface area contributed by atoms with Crippen LogP contribution in [0, 0.1) is 0 Å². The van der Waals surface area contributed by atoms with E-state index in [1.165, 1.54) is 29.3 Å². The maximum absolute atomic E-state index is 12.4. The van der Waals surface area contributed by atoms with Crippen molar-refractivity contribution >= 4 is 43.8 Å². The van der Waals surface area contributed by atoms with Gasteiger partial charge in [-0.25, -0.2) is 14.8 Å². The van der Waals surface area contributed by atoms with Gasteiger partial charge in [-0.05, 0) is 12.1 Å². The summed E-state index contributed by atoms with van der Waals surface area (Å²) in [5.74, 6) is -0.211. The summed E-state index contributed by atoms with van der Waals surface area (Å²) >= 11 is 1.41. The Hall–Kier alpha value is -3.27. The quantitative estimate of drug-likeness (QED) is 0.567. The minimum Gasteiger partial charge on any atom is -0.324 e. The summed E-state index contributed by atoms with van der Waals surface area (Å²) in [7, 11) is 2.97. The van der Waals surface area contributed by atoms with Gasteiger partial charge in [0.1, 0.15) is 0 Å². The van der Waals surface area contributed by atoms with Crippen molar-refractivity contribution in [1.82, 2.24) is 23.7 Å². The highest BCUT2D eigenvalue weighted by Gasteiger charge is 2.15. The number of para-hydroxylation sites is 1. The molecule has 0 unspecified atom stereocenters. The minimum atomic E-state index is -0.439. The highest BCUT2D eigenvalue weighted by Crippen LogP contribution is 2.25. The zero-order chi connectivity index (χ0) is 19.1. The van der Waals surface area contributed by atoms with Crippen LogP contribution in [0.1, 0.15) is 6.42 Å². The fourth-order valence-electron chi connectivity index (χ4n) is 2.90. The van der Waals surface area contributed by atoms with E-state index in [2.05, 4.69) is 15.3 Å². The van der Waals surface area contributed by atoms with Crippen LogP contribution in [0.3, 0.4) is 0 Å². The number of hydrogen-bond donors (Lipinski definition) is 1. The number of aromatic nitrogens is 5. The third kappa shape index (κ3) is 2.93. The molecule has 0 radical (unpaired) electrons. The summed E-state index contributed by atoms with van der Waals surface area (Å²) in [6.45, 7) is 0.265. The summed E-state index contributed by atoms with van der Waals surface area (Å²) in [6, 6.07) is 7.65. The lowest BCUT2D eigenvalue weighted by Crippen LogP contribution is -2.37. The summed E-state index contributed by atoms with van der Waals surface area (Å²) in [4.78, 5) is 45.2. The van der Waals surface area contributed by atoms with Crippen molar-refractivity contribution in [3.8, 4) is 0 Å². The number of nitrogens with zero attached hydrogens (tertiary/aromatic N) is 5. The number of carbonyl (C=O) groups is 1. The molecule has 27 heavy (non-hydrogen) atoms. The summed E-state index contributed by atoms with van der Waals surface area (Å²) in [6.07, 6.45) is 1.61. The molecule has 4 aromatic rings. The van der Waals surface area contributed by atoms with Crippen molar-refractivity contribution in [2.75, 3.05) is 5.32 Å². The molecule has 0 bridgehead atoms. The van der Waals surface area contributed by atoms with Crippen molar-refractivity contribution < 1.29 is 4.79 Å². The van der Waals surface area contributed by atoms with E-state index >= 15 is 0 Å². The Balaban J connectivity index is 1.54. The zero-order valence-corrected chi connectivity index (χ0v) is 15.5. The number of fused-ring (bicyclic) bond motifs is 2. The molecular weight excluding hydrogens is 368 g/mol. The van der Waals surface area contributed by atoms with Gasteiger partial charge >= 0.3 is 5.69 Å². The van der Waals surface area contributed by atoms with Crippen LogP contribution in [-0.2, 0) is 25.4 Å². The van der Waals surface area contributed by atoms with Gasteiger partial charge < -0.3 is 9.88 Å². The number of nitrogens with one attached hydrogen (secondary N) is 1. The molecule has 0 aliphatic rings. The molecule has 3 aromatic heterocycles. The number of rotatable bonds is 4. The lowest BCUT2D eigenvalue weighted by Gasteiger charge is -2.06. The molecular formula is C17H16N6O3S. The summed E-state index contributed by atoms with van der Waals surface area (Å²) < 4.78 is 4.93. The van der Waals surface area contributed by atoms with Gasteiger partial charge in [0, 0.05) is 27.1 Å². The molecule has 0 saturated heterocycles. The second-order valence-corrected chi connectivity index (χ2v) is 7.13. The third-order valence-corrected chi connectivity index (χ3v) is 5.29. The molecule has 0 atom stereocenters. The van der Waals surface area contributed by atoms with Gasteiger partial charge in [-0.15, -0.1) is 0 Å². The van der Waals surface area contributed by atoms with E-state index in [9.17, 15) is 14.4 Å². The van der Waals surface area contributed by atoms with Gasteiger partial charge in [0.05, 0.1) is 16.5 Å². The molecule has 10 heteroatoms. The maximum atomic E-state index is 12.4. The van der Waals surface area contributed by atoms with Crippen molar-refractivity contribution in [2.24, 2.45) is 14.1 Å². The number of thiazole rings is 1. The molecule has 1 amide bonds. The molecule has 9 nitrogen and oxygen atoms in total. The van der Waals surface area contributed by atoms with Crippen LogP contribution >= 0.6 is 11.3 Å². The van der Waals surface area contributed by atoms with Crippen LogP contribution in [0.2, 0.25) is 0 Å². The molecule has 0 fully saturated rings. The number of amides is 1. The van der Waals surface area contributed by atoms with E-state index in [1.54, 1.807) is 11.6 Å². The first-order chi connectivity index (χ1) is 13.0. The number of aryl methyl sites for hydroxylation is 2. The number of carbonyl (C=O) groups excluding carboxylic acids is 1. The van der Waals surface area contributed by atoms with Crippen molar-refractivity contribution in [3.05, 3.63) is 51.4 Å². The first kappa shape index (κ1) is 17.2. The number of benzene rings is 1. The maximum Gasteiger partial charge on any atom is 0.332 e. The van der Waals surface area contributed by atoms with Gasteiger partial charge in [-0.1, -0.05) is 23.5 Å². The van der Waals surface area contributed by atoms with Crippen LogP contribution in [0.5, 0.6) is 0 Å². The van der Waals surface area contributed by atoms with Gasteiger partial charge in [0.25, 0.3) is 5.56 Å². The van der Waals surface area contributed by atoms with E-state index in [0.29, 0.717) is 16.3 Å². The predicted molar refractivity (Wildman–Crippen MR) is 103 cm³/mol. The lowest BCUT2D eigenvalue weighted by molar-refractivity contribution is -0.116. The molecule has 1 N–H and O–H groups in total. The Morgan fingerprint density at radius 2 is 1.96 bits per heavy atom. The standard InChI is InChI=1S/C17H16N6O3S/c1-21-14-13(15(25)22(2)17(21)26)23(9-18-14)8-7-12(24)20-16-19-10-5-3-4-6-11(10)27-16/h3-6,9H,7-8H2,1-2H3,(H,19,20,24). The molecule has 0 saturated carbocycles. The largest absolute Gasteiger partial charge is 0.332 e. The van der Waals surface area contributed by atoms with Crippen LogP contribution in [0.4, 0.5) is 5.13 Å². The van der Waals surface area contributed by atoms with Crippen LogP contribution < -0.4 is 16.6 Å². The normalized spacial score (nSPS) is 11.3. The van der Waals surface area contributed by atoms with Crippen LogP contribution in [-0.4, -0.2) is 29.6 Å². The Bertz CT molecular complexity index is 1260. The first-order valence-electron chi connectivity index (χ1n) is 8.22. The SMILES string of the molecule is Cn1c(=O)c2c(ncn2CCC(=O)Nc2nc3ccccc3s2)n(C)c1=O. The Kier molecular flexibility index (Phi) is 4.11. The van der Waals surface area contributed by atoms with Gasteiger partial charge in [0.15, 0.2) is 16.3 Å². The Morgan fingerprint density at radius 3 is 2.74 bits per heavy atom. The highest BCUT2D eigenvalue weighted by molar-refractivity contribution is 7.22. The first-order valence-corrected chi connectivity index (χ1v) is 9.03. The Labute approximate surface area is 156 Å². The fourth-order valence-corrected chi connectivity index (χ4v) is 3.78. The average Bonchev–Trinajstić information content (AvgIpc) is 3.26. The predicted octanol–water partition coefficient (Wildman–Crippen LogP) is 1.07. The second kappa shape index (κ2) is 6.47. The fraction of sp³-hybridized carbons (Fsp3) is 0.235. The van der Waals surface area contributed by atoms with Crippen LogP contribution in [0.15, 0.2) is 40.2 Å². The van der Waals surface area contributed by atoms with Crippen molar-refractivity contribution in [2.45, 2.75) is 13.0 Å². The molecule has 4 rings (SSSR count). The molecule has 3 heterocycles. The monoisotopic (exact) mass is 384 g/mol. The van der Waals surface area contributed by atoms with E-state index in [1.807, 2.05) is 24.3 Å². The van der Waals surface area contributed by atoms with E-state index in [4.69, 9.17) is 0 Å². The van der Waals surface area contributed by atoms with Crippen LogP contribution in [0.25, 0.3) is 21.4 Å². The van der Waals surface area contributed by atoms with Crippen molar-refractivity contribution in [1.29, 1.82) is 0 Å². The minimum absolute atomic E-state index is 0.146. The van der Waals surface area contributed by atoms with Gasteiger partial charge in [0.2, 0.25) is 5.91 Å². The molecule has 0 aliphatic heterocycles. The third-order valence-electron chi connectivity index (χ3n) is 4.34. The van der Waals surface area contributed by atoms with Crippen molar-refractivity contribution in [3.63, 3.8) is 0 Å². The van der Waals surface area contributed by atoms with Gasteiger partial charge in [-0.2, -0.15) is 0 Å². The smallest absolute Gasteiger partial charge is 0.324 e. The Morgan fingerprint density at radius 1 is 1.19 bits per heavy atom. The molecule has 0 spiro atoms. The zero-order valence-electron chi connectivity index (χ0n) is 14.7. The topological polar surface area (TPSA) is 104 Å². The van der Waals surface area contributed by atoms with Gasteiger partial charge in [-0.3, -0.25) is 18.7 Å². The lowest BCUT2D eigenvalue weighted by atomic mass is 10.3. The molecule has 0 aliphatic carbocycles.